The standard InChI is InChI=1S/C21H26N2O3S/c1-13-6-4-5-7-18(13)23-19(25)12-26-17-10-8-16(9-11-17)21-22-14(2)20(27-21)15(3)24/h8-11,13,18H,4-7,12H2,1-3H3,(H,23,25)/t13-,18-/m1/s1. The summed E-state index contributed by atoms with van der Waals surface area (Å²) in [4.78, 5) is 28.9. The van der Waals surface area contributed by atoms with Gasteiger partial charge in [-0.2, -0.15) is 0 Å². The van der Waals surface area contributed by atoms with Gasteiger partial charge in [0.15, 0.2) is 12.4 Å². The fourth-order valence-corrected chi connectivity index (χ4v) is 4.44. The molecule has 1 amide bonds. The number of nitrogens with one attached hydrogen (secondary N) is 1. The van der Waals surface area contributed by atoms with Crippen molar-refractivity contribution in [2.75, 3.05) is 6.61 Å². The normalized spacial score (nSPS) is 19.5. The van der Waals surface area contributed by atoms with Crippen molar-refractivity contribution in [1.29, 1.82) is 0 Å². The number of ketones is 1. The van der Waals surface area contributed by atoms with E-state index in [1.165, 1.54) is 30.6 Å². The Bertz CT molecular complexity index is 813. The van der Waals surface area contributed by atoms with Crippen molar-refractivity contribution in [3.8, 4) is 16.3 Å². The van der Waals surface area contributed by atoms with Crippen LogP contribution in [-0.4, -0.2) is 29.3 Å². The van der Waals surface area contributed by atoms with Gasteiger partial charge in [0.25, 0.3) is 5.91 Å². The van der Waals surface area contributed by atoms with Crippen molar-refractivity contribution in [1.82, 2.24) is 10.3 Å². The van der Waals surface area contributed by atoms with Crippen LogP contribution in [0, 0.1) is 12.8 Å². The Labute approximate surface area is 164 Å². The van der Waals surface area contributed by atoms with E-state index in [4.69, 9.17) is 4.74 Å². The third-order valence-corrected chi connectivity index (χ3v) is 6.35. The summed E-state index contributed by atoms with van der Waals surface area (Å²) < 4.78 is 5.62. The van der Waals surface area contributed by atoms with Crippen LogP contribution in [0.2, 0.25) is 0 Å². The van der Waals surface area contributed by atoms with Crippen LogP contribution in [0.1, 0.15) is 54.9 Å². The number of carbonyl (C=O) groups excluding carboxylic acids is 2. The molecule has 3 rings (SSSR count). The topological polar surface area (TPSA) is 68.3 Å². The minimum absolute atomic E-state index is 0.0212. The zero-order chi connectivity index (χ0) is 19.4. The van der Waals surface area contributed by atoms with Crippen LogP contribution < -0.4 is 10.1 Å². The zero-order valence-electron chi connectivity index (χ0n) is 16.1. The largest absolute Gasteiger partial charge is 0.484 e. The Morgan fingerprint density at radius 1 is 1.22 bits per heavy atom. The van der Waals surface area contributed by atoms with Gasteiger partial charge in [-0.25, -0.2) is 4.98 Å². The van der Waals surface area contributed by atoms with E-state index < -0.39 is 0 Å². The lowest BCUT2D eigenvalue weighted by Gasteiger charge is -2.29. The third kappa shape index (κ3) is 4.95. The molecule has 0 unspecified atom stereocenters. The van der Waals surface area contributed by atoms with Crippen LogP contribution in [0.5, 0.6) is 5.75 Å². The van der Waals surface area contributed by atoms with Crippen LogP contribution in [0.15, 0.2) is 24.3 Å². The van der Waals surface area contributed by atoms with Gasteiger partial charge in [0, 0.05) is 18.5 Å². The number of Topliss-reactive ketones (excluding diaryl/α,β-unsaturated/α-hetero) is 1. The fraction of sp³-hybridized carbons (Fsp3) is 0.476. The minimum Gasteiger partial charge on any atom is -0.484 e. The maximum Gasteiger partial charge on any atom is 0.258 e. The molecule has 1 saturated carbocycles. The lowest BCUT2D eigenvalue weighted by molar-refractivity contribution is -0.124. The van der Waals surface area contributed by atoms with E-state index >= 15 is 0 Å². The molecule has 2 atom stereocenters. The molecule has 27 heavy (non-hydrogen) atoms. The van der Waals surface area contributed by atoms with Gasteiger partial charge in [0.05, 0.1) is 10.6 Å². The molecule has 0 saturated heterocycles. The summed E-state index contributed by atoms with van der Waals surface area (Å²) in [6.45, 7) is 5.62. The summed E-state index contributed by atoms with van der Waals surface area (Å²) >= 11 is 1.40. The zero-order valence-corrected chi connectivity index (χ0v) is 16.9. The number of hydrogen-bond donors (Lipinski definition) is 1. The van der Waals surface area contributed by atoms with E-state index in [-0.39, 0.29) is 24.3 Å². The summed E-state index contributed by atoms with van der Waals surface area (Å²) in [7, 11) is 0. The molecule has 1 aliphatic carbocycles. The number of amides is 1. The molecule has 6 heteroatoms. The molecule has 1 N–H and O–H groups in total. The maximum atomic E-state index is 12.1. The first-order valence-corrected chi connectivity index (χ1v) is 10.3. The molecule has 144 valence electrons. The summed E-state index contributed by atoms with van der Waals surface area (Å²) in [5, 5.41) is 3.90. The Hall–Kier alpha value is -2.21. The Morgan fingerprint density at radius 3 is 2.56 bits per heavy atom. The van der Waals surface area contributed by atoms with Gasteiger partial charge in [-0.05, 0) is 49.9 Å². The highest BCUT2D eigenvalue weighted by molar-refractivity contribution is 7.17. The number of hydrogen-bond acceptors (Lipinski definition) is 5. The van der Waals surface area contributed by atoms with Crippen molar-refractivity contribution in [3.05, 3.63) is 34.8 Å². The number of carbonyl (C=O) groups is 2. The summed E-state index contributed by atoms with van der Waals surface area (Å²) in [5.74, 6) is 1.14. The van der Waals surface area contributed by atoms with E-state index in [1.54, 1.807) is 6.92 Å². The number of ether oxygens (including phenoxy) is 1. The molecule has 0 aliphatic heterocycles. The first-order valence-electron chi connectivity index (χ1n) is 9.45. The molecule has 0 radical (unpaired) electrons. The number of benzene rings is 1. The minimum atomic E-state index is -0.0699. The highest BCUT2D eigenvalue weighted by atomic mass is 32.1. The molecule has 5 nitrogen and oxygen atoms in total. The third-order valence-electron chi connectivity index (χ3n) is 5.05. The summed E-state index contributed by atoms with van der Waals surface area (Å²) in [5.41, 5.74) is 1.69. The van der Waals surface area contributed by atoms with Crippen molar-refractivity contribution in [3.63, 3.8) is 0 Å². The van der Waals surface area contributed by atoms with Gasteiger partial charge in [-0.3, -0.25) is 9.59 Å². The predicted molar refractivity (Wildman–Crippen MR) is 107 cm³/mol. The average Bonchev–Trinajstić information content (AvgIpc) is 3.04. The monoisotopic (exact) mass is 386 g/mol. The molecule has 2 aromatic rings. The molecule has 1 aromatic carbocycles. The summed E-state index contributed by atoms with van der Waals surface area (Å²) in [6.07, 6.45) is 4.66. The maximum absolute atomic E-state index is 12.1. The van der Waals surface area contributed by atoms with E-state index in [1.807, 2.05) is 31.2 Å². The molecule has 1 aromatic heterocycles. The van der Waals surface area contributed by atoms with Gasteiger partial charge in [0.1, 0.15) is 10.8 Å². The average molecular weight is 387 g/mol. The number of aryl methyl sites for hydroxylation is 1. The quantitative estimate of drug-likeness (QED) is 0.748. The Balaban J connectivity index is 1.55. The number of rotatable bonds is 6. The molecule has 1 heterocycles. The SMILES string of the molecule is CC(=O)c1sc(-c2ccc(OCC(=O)N[C@@H]3CCCC[C@H]3C)cc2)nc1C. The number of nitrogens with zero attached hydrogens (tertiary/aromatic N) is 1. The van der Waals surface area contributed by atoms with E-state index in [9.17, 15) is 9.59 Å². The lowest BCUT2D eigenvalue weighted by Crippen LogP contribution is -2.43. The first kappa shape index (κ1) is 19.5. The van der Waals surface area contributed by atoms with E-state index in [2.05, 4.69) is 17.2 Å². The Kier molecular flexibility index (Phi) is 6.26. The first-order chi connectivity index (χ1) is 12.9. The van der Waals surface area contributed by atoms with E-state index in [0.29, 0.717) is 16.5 Å². The molecular formula is C21H26N2O3S. The lowest BCUT2D eigenvalue weighted by atomic mass is 9.86. The second-order valence-electron chi connectivity index (χ2n) is 7.24. The number of aromatic nitrogens is 1. The van der Waals surface area contributed by atoms with Crippen molar-refractivity contribution in [2.24, 2.45) is 5.92 Å². The molecule has 0 spiro atoms. The molecule has 1 aliphatic rings. The molecular weight excluding hydrogens is 360 g/mol. The smallest absolute Gasteiger partial charge is 0.258 e. The van der Waals surface area contributed by atoms with E-state index in [0.717, 1.165) is 22.7 Å². The van der Waals surface area contributed by atoms with Crippen LogP contribution in [0.4, 0.5) is 0 Å². The van der Waals surface area contributed by atoms with Gasteiger partial charge in [-0.1, -0.05) is 19.8 Å². The summed E-state index contributed by atoms with van der Waals surface area (Å²) in [6, 6.07) is 7.73. The van der Waals surface area contributed by atoms with Gasteiger partial charge in [-0.15, -0.1) is 11.3 Å². The van der Waals surface area contributed by atoms with Crippen molar-refractivity contribution >= 4 is 23.0 Å². The number of thiazole rings is 1. The highest BCUT2D eigenvalue weighted by Gasteiger charge is 2.22. The van der Waals surface area contributed by atoms with Gasteiger partial charge >= 0.3 is 0 Å². The molecule has 1 fully saturated rings. The van der Waals surface area contributed by atoms with Crippen LogP contribution >= 0.6 is 11.3 Å². The van der Waals surface area contributed by atoms with Crippen LogP contribution in [0.25, 0.3) is 10.6 Å². The second-order valence-corrected chi connectivity index (χ2v) is 8.24. The second kappa shape index (κ2) is 8.65. The highest BCUT2D eigenvalue weighted by Crippen LogP contribution is 2.29. The van der Waals surface area contributed by atoms with Crippen LogP contribution in [0.3, 0.4) is 0 Å². The van der Waals surface area contributed by atoms with Crippen LogP contribution in [-0.2, 0) is 4.79 Å². The van der Waals surface area contributed by atoms with Gasteiger partial charge in [0.2, 0.25) is 0 Å². The fourth-order valence-electron chi connectivity index (χ4n) is 3.47. The van der Waals surface area contributed by atoms with Gasteiger partial charge < -0.3 is 10.1 Å². The predicted octanol–water partition coefficient (Wildman–Crippen LogP) is 4.39. The molecule has 0 bridgehead atoms. The van der Waals surface area contributed by atoms with Crippen molar-refractivity contribution < 1.29 is 14.3 Å². The Morgan fingerprint density at radius 2 is 1.93 bits per heavy atom. The van der Waals surface area contributed by atoms with Crippen molar-refractivity contribution in [2.45, 2.75) is 52.5 Å².